The van der Waals surface area contributed by atoms with Gasteiger partial charge in [0.2, 0.25) is 0 Å². The quantitative estimate of drug-likeness (QED) is 0.427. The minimum absolute atomic E-state index is 0.345. The molecule has 0 bridgehead atoms. The molecular weight excluding hydrogens is 376 g/mol. The predicted octanol–water partition coefficient (Wildman–Crippen LogP) is 4.61. The molecule has 0 aliphatic heterocycles. The van der Waals surface area contributed by atoms with E-state index in [1.807, 2.05) is 38.1 Å². The fourth-order valence-electron chi connectivity index (χ4n) is 4.34. The second kappa shape index (κ2) is 7.79. The second-order valence-electron chi connectivity index (χ2n) is 8.02. The lowest BCUT2D eigenvalue weighted by molar-refractivity contribution is -0.114. The third-order valence-corrected chi connectivity index (χ3v) is 5.39. The summed E-state index contributed by atoms with van der Waals surface area (Å²) in [6.45, 7) is 11.0. The van der Waals surface area contributed by atoms with Crippen molar-refractivity contribution in [1.82, 2.24) is 0 Å². The molecule has 0 N–H and O–H groups in total. The van der Waals surface area contributed by atoms with Gasteiger partial charge in [-0.3, -0.25) is 19.2 Å². The van der Waals surface area contributed by atoms with Crippen LogP contribution in [-0.4, -0.2) is 23.1 Å². The molecule has 152 valence electrons. The summed E-state index contributed by atoms with van der Waals surface area (Å²) in [6, 6.07) is 7.39. The summed E-state index contributed by atoms with van der Waals surface area (Å²) < 4.78 is 0. The van der Waals surface area contributed by atoms with Crippen LogP contribution in [0.2, 0.25) is 0 Å². The fraction of sp³-hybridized carbons (Fsp3) is 0.231. The van der Waals surface area contributed by atoms with Crippen molar-refractivity contribution in [2.45, 2.75) is 41.5 Å². The molecule has 4 heteroatoms. The van der Waals surface area contributed by atoms with Crippen LogP contribution in [0.15, 0.2) is 47.6 Å². The molecule has 1 aliphatic rings. The Morgan fingerprint density at radius 3 is 1.07 bits per heavy atom. The van der Waals surface area contributed by atoms with Crippen LogP contribution in [0.5, 0.6) is 0 Å². The molecule has 2 aromatic rings. The molecule has 2 aromatic carbocycles. The highest BCUT2D eigenvalue weighted by atomic mass is 16.2. The Morgan fingerprint density at radius 1 is 0.533 bits per heavy atom. The Labute approximate surface area is 176 Å². The lowest BCUT2D eigenvalue weighted by Crippen LogP contribution is -2.27. The van der Waals surface area contributed by atoms with Crippen molar-refractivity contribution in [3.05, 3.63) is 92.1 Å². The average molecular weight is 400 g/mol. The van der Waals surface area contributed by atoms with Gasteiger partial charge in [0.05, 0.1) is 11.1 Å². The molecule has 1 aliphatic carbocycles. The van der Waals surface area contributed by atoms with Gasteiger partial charge in [0.15, 0.2) is 23.1 Å². The number of carbonyl (C=O) groups is 4. The number of Topliss-reactive ketones (excluding diaryl/α,β-unsaturated/α-hetero) is 2. The number of carbonyl (C=O) groups excluding carboxylic acids is 4. The van der Waals surface area contributed by atoms with Crippen molar-refractivity contribution in [2.24, 2.45) is 0 Å². The van der Waals surface area contributed by atoms with Gasteiger partial charge in [0, 0.05) is 11.1 Å². The van der Waals surface area contributed by atoms with E-state index in [9.17, 15) is 19.2 Å². The molecule has 0 fully saturated rings. The average Bonchev–Trinajstić information content (AvgIpc) is 2.61. The van der Waals surface area contributed by atoms with Crippen LogP contribution in [-0.2, 0) is 9.59 Å². The number of ketones is 4. The van der Waals surface area contributed by atoms with Crippen LogP contribution in [0.4, 0.5) is 0 Å². The van der Waals surface area contributed by atoms with E-state index in [1.165, 1.54) is 0 Å². The molecule has 0 radical (unpaired) electrons. The van der Waals surface area contributed by atoms with Crippen molar-refractivity contribution in [3.63, 3.8) is 0 Å². The highest BCUT2D eigenvalue weighted by molar-refractivity contribution is 6.44. The molecule has 0 spiro atoms. The molecule has 30 heavy (non-hydrogen) atoms. The van der Waals surface area contributed by atoms with Crippen LogP contribution >= 0.6 is 0 Å². The van der Waals surface area contributed by atoms with Gasteiger partial charge in [0.25, 0.3) is 0 Å². The van der Waals surface area contributed by atoms with E-state index in [0.29, 0.717) is 33.4 Å². The Hall–Kier alpha value is -3.40. The zero-order valence-electron chi connectivity index (χ0n) is 18.1. The van der Waals surface area contributed by atoms with Gasteiger partial charge in [-0.25, -0.2) is 0 Å². The lowest BCUT2D eigenvalue weighted by Gasteiger charge is -2.18. The third-order valence-electron chi connectivity index (χ3n) is 5.39. The van der Waals surface area contributed by atoms with Crippen molar-refractivity contribution in [3.8, 4) is 0 Å². The highest BCUT2D eigenvalue weighted by Gasteiger charge is 2.35. The van der Waals surface area contributed by atoms with Crippen LogP contribution in [0.3, 0.4) is 0 Å². The molecule has 4 nitrogen and oxygen atoms in total. The first-order chi connectivity index (χ1) is 14.0. The van der Waals surface area contributed by atoms with Gasteiger partial charge in [-0.2, -0.15) is 0 Å². The van der Waals surface area contributed by atoms with Crippen molar-refractivity contribution in [1.29, 1.82) is 0 Å². The van der Waals surface area contributed by atoms with Crippen LogP contribution in [0.25, 0.3) is 0 Å². The summed E-state index contributed by atoms with van der Waals surface area (Å²) in [6.07, 6.45) is 2.14. The van der Waals surface area contributed by atoms with Crippen LogP contribution in [0, 0.1) is 41.5 Å². The minimum atomic E-state index is -0.621. The predicted molar refractivity (Wildman–Crippen MR) is 116 cm³/mol. The molecule has 0 heterocycles. The lowest BCUT2D eigenvalue weighted by atomic mass is 9.81. The maximum absolute atomic E-state index is 13.5. The van der Waals surface area contributed by atoms with Gasteiger partial charge < -0.3 is 0 Å². The van der Waals surface area contributed by atoms with Crippen molar-refractivity contribution >= 4 is 23.1 Å². The molecule has 0 atom stereocenters. The Bertz CT molecular complexity index is 1070. The Morgan fingerprint density at radius 2 is 0.800 bits per heavy atom. The fourth-order valence-corrected chi connectivity index (χ4v) is 4.34. The topological polar surface area (TPSA) is 68.3 Å². The summed E-state index contributed by atoms with van der Waals surface area (Å²) in [5.41, 5.74) is 4.81. The van der Waals surface area contributed by atoms with E-state index in [2.05, 4.69) is 0 Å². The molecule has 0 saturated carbocycles. The number of hydrogen-bond donors (Lipinski definition) is 0. The second-order valence-corrected chi connectivity index (χ2v) is 8.02. The van der Waals surface area contributed by atoms with Crippen molar-refractivity contribution in [2.75, 3.05) is 0 Å². The zero-order valence-corrected chi connectivity index (χ0v) is 18.1. The molecular formula is C26H24O4. The SMILES string of the molecule is Cc1cc(C)c(C(=O)C2=C(C(=O)c3c(C)cc(C)cc3C)C(=O)C=CC2=O)c(C)c1. The van der Waals surface area contributed by atoms with E-state index in [0.717, 1.165) is 23.3 Å². The number of allylic oxidation sites excluding steroid dienone is 4. The minimum Gasteiger partial charge on any atom is -0.289 e. The first-order valence-corrected chi connectivity index (χ1v) is 9.79. The third kappa shape index (κ3) is 3.61. The summed E-state index contributed by atoms with van der Waals surface area (Å²) in [5.74, 6) is -2.41. The van der Waals surface area contributed by atoms with E-state index in [1.54, 1.807) is 27.7 Å². The van der Waals surface area contributed by atoms with E-state index in [-0.39, 0.29) is 11.1 Å². The maximum Gasteiger partial charge on any atom is 0.198 e. The van der Waals surface area contributed by atoms with Gasteiger partial charge >= 0.3 is 0 Å². The monoisotopic (exact) mass is 400 g/mol. The van der Waals surface area contributed by atoms with Gasteiger partial charge in [-0.1, -0.05) is 35.4 Å². The summed E-state index contributed by atoms with van der Waals surface area (Å²) >= 11 is 0. The van der Waals surface area contributed by atoms with E-state index >= 15 is 0 Å². The van der Waals surface area contributed by atoms with Gasteiger partial charge in [-0.05, 0) is 75.9 Å². The zero-order chi connectivity index (χ0) is 22.3. The molecule has 3 rings (SSSR count). The number of hydrogen-bond acceptors (Lipinski definition) is 4. The largest absolute Gasteiger partial charge is 0.289 e. The molecule has 0 unspecified atom stereocenters. The smallest absolute Gasteiger partial charge is 0.198 e. The summed E-state index contributed by atoms with van der Waals surface area (Å²) in [5, 5.41) is 0. The van der Waals surface area contributed by atoms with E-state index < -0.39 is 23.1 Å². The maximum atomic E-state index is 13.5. The van der Waals surface area contributed by atoms with Crippen molar-refractivity contribution < 1.29 is 19.2 Å². The Balaban J connectivity index is 2.28. The highest BCUT2D eigenvalue weighted by Crippen LogP contribution is 2.28. The molecule has 0 saturated heterocycles. The Kier molecular flexibility index (Phi) is 5.53. The van der Waals surface area contributed by atoms with Gasteiger partial charge in [-0.15, -0.1) is 0 Å². The molecule has 0 amide bonds. The van der Waals surface area contributed by atoms with Gasteiger partial charge in [0.1, 0.15) is 0 Å². The number of aryl methyl sites for hydroxylation is 6. The number of rotatable bonds is 4. The van der Waals surface area contributed by atoms with E-state index in [4.69, 9.17) is 0 Å². The van der Waals surface area contributed by atoms with Crippen LogP contribution < -0.4 is 0 Å². The first-order valence-electron chi connectivity index (χ1n) is 9.79. The first kappa shape index (κ1) is 21.3. The number of benzene rings is 2. The summed E-state index contributed by atoms with van der Waals surface area (Å²) in [4.78, 5) is 52.4. The molecule has 0 aromatic heterocycles. The summed E-state index contributed by atoms with van der Waals surface area (Å²) in [7, 11) is 0. The normalized spacial score (nSPS) is 13.8. The van der Waals surface area contributed by atoms with Crippen LogP contribution in [0.1, 0.15) is 54.1 Å². The standard InChI is InChI=1S/C26H24O4/c1-13-9-15(3)21(16(4)10-13)25(29)23-19(27)7-8-20(28)24(23)26(30)22-17(5)11-14(2)12-18(22)6/h7-12H,1-6H3.